The van der Waals surface area contributed by atoms with Gasteiger partial charge in [-0.25, -0.2) is 0 Å². The van der Waals surface area contributed by atoms with Gasteiger partial charge in [-0.05, 0) is 32.1 Å². The molecular formula is C66H131N2O6P. The lowest BCUT2D eigenvalue weighted by Crippen LogP contribution is -2.45. The van der Waals surface area contributed by atoms with E-state index in [1.807, 2.05) is 27.2 Å². The molecule has 0 heterocycles. The summed E-state index contributed by atoms with van der Waals surface area (Å²) in [6.07, 6.45) is 74.4. The minimum absolute atomic E-state index is 0.00349. The zero-order valence-corrected chi connectivity index (χ0v) is 51.9. The van der Waals surface area contributed by atoms with Crippen LogP contribution in [0.2, 0.25) is 0 Å². The summed E-state index contributed by atoms with van der Waals surface area (Å²) in [4.78, 5) is 25.6. The number of aliphatic hydroxyl groups excluding tert-OH is 1. The Labute approximate surface area is 468 Å². The van der Waals surface area contributed by atoms with Gasteiger partial charge in [-0.2, -0.15) is 0 Å². The molecule has 9 heteroatoms. The predicted octanol–water partition coefficient (Wildman–Crippen LogP) is 20.1. The molecule has 3 atom stereocenters. The lowest BCUT2D eigenvalue weighted by Gasteiger charge is -2.29. The summed E-state index contributed by atoms with van der Waals surface area (Å²) in [5, 5.41) is 13.9. The number of aliphatic hydroxyl groups is 1. The second kappa shape index (κ2) is 57.7. The Morgan fingerprint density at radius 1 is 0.453 bits per heavy atom. The molecule has 0 aromatic heterocycles. The van der Waals surface area contributed by atoms with E-state index in [0.717, 1.165) is 38.5 Å². The Bertz CT molecular complexity index is 1270. The number of phosphoric acid groups is 1. The standard InChI is InChI=1S/C66H131N2O6P/c1-6-8-10-12-14-16-18-20-22-24-26-28-30-32-33-34-35-36-38-40-42-44-46-48-50-52-54-56-58-60-66(70)67-64(63-74-75(71,72)73-62-61-68(3,4)5)65(69)59-57-55-53-51-49-47-45-43-41-39-37-31-29-27-25-23-21-19-17-15-13-11-9-7-2/h49,51,57,59,64-65,69H,6-48,50,52-56,58,60-63H2,1-5H3,(H-,67,70,71,72)/b51-49+,59-57+. The van der Waals surface area contributed by atoms with E-state index < -0.39 is 20.0 Å². The normalized spacial score (nSPS) is 13.9. The van der Waals surface area contributed by atoms with Gasteiger partial charge in [-0.15, -0.1) is 0 Å². The molecule has 0 aliphatic heterocycles. The van der Waals surface area contributed by atoms with Crippen molar-refractivity contribution < 1.29 is 32.9 Å². The molecule has 1 amide bonds. The van der Waals surface area contributed by atoms with Crippen LogP contribution in [0.1, 0.15) is 341 Å². The fourth-order valence-electron chi connectivity index (χ4n) is 10.2. The number of hydrogen-bond donors (Lipinski definition) is 2. The smallest absolute Gasteiger partial charge is 0.268 e. The number of allylic oxidation sites excluding steroid dienone is 3. The molecule has 0 aliphatic rings. The number of quaternary nitrogens is 1. The average Bonchev–Trinajstić information content (AvgIpc) is 3.37. The molecule has 0 aliphatic carbocycles. The van der Waals surface area contributed by atoms with Crippen LogP contribution in [-0.4, -0.2) is 68.5 Å². The maximum Gasteiger partial charge on any atom is 0.268 e. The monoisotopic (exact) mass is 1080 g/mol. The molecular weight excluding hydrogens is 948 g/mol. The fraction of sp³-hybridized carbons (Fsp3) is 0.924. The lowest BCUT2D eigenvalue weighted by molar-refractivity contribution is -0.870. The van der Waals surface area contributed by atoms with Crippen LogP contribution in [0.3, 0.4) is 0 Å². The number of hydrogen-bond acceptors (Lipinski definition) is 6. The van der Waals surface area contributed by atoms with Crippen LogP contribution in [-0.2, 0) is 18.4 Å². The number of nitrogens with zero attached hydrogens (tertiary/aromatic N) is 1. The minimum atomic E-state index is -4.61. The van der Waals surface area contributed by atoms with Crippen LogP contribution in [0.15, 0.2) is 24.3 Å². The summed E-state index contributed by atoms with van der Waals surface area (Å²) >= 11 is 0. The van der Waals surface area contributed by atoms with Crippen LogP contribution in [0.25, 0.3) is 0 Å². The van der Waals surface area contributed by atoms with E-state index in [-0.39, 0.29) is 19.1 Å². The first kappa shape index (κ1) is 74.0. The maximum atomic E-state index is 13.0. The Kier molecular flexibility index (Phi) is 56.9. The zero-order chi connectivity index (χ0) is 54.9. The highest BCUT2D eigenvalue weighted by atomic mass is 31.2. The number of unbranched alkanes of at least 4 members (excludes halogenated alkanes) is 47. The van der Waals surface area contributed by atoms with Gasteiger partial charge in [0, 0.05) is 6.42 Å². The van der Waals surface area contributed by atoms with Crippen LogP contribution < -0.4 is 10.2 Å². The largest absolute Gasteiger partial charge is 0.756 e. The number of phosphoric ester groups is 1. The third kappa shape index (κ3) is 60.5. The van der Waals surface area contributed by atoms with Crippen molar-refractivity contribution in [3.63, 3.8) is 0 Å². The summed E-state index contributed by atoms with van der Waals surface area (Å²) in [5.74, 6) is -0.199. The molecule has 0 aromatic carbocycles. The zero-order valence-electron chi connectivity index (χ0n) is 51.0. The predicted molar refractivity (Wildman–Crippen MR) is 325 cm³/mol. The number of nitrogens with one attached hydrogen (secondary N) is 1. The number of carbonyl (C=O) groups excluding carboxylic acids is 1. The minimum Gasteiger partial charge on any atom is -0.756 e. The SMILES string of the molecule is CCCCCCCCCCCCCCCCCCCC/C=C/CC/C=C/C(O)C(COP(=O)([O-])OCC[N+](C)(C)C)NC(=O)CCCCCCCCCCCCCCCCCCCCCCCCCCCCCCC. The summed E-state index contributed by atoms with van der Waals surface area (Å²) in [6, 6.07) is -0.901. The molecule has 8 nitrogen and oxygen atoms in total. The second-order valence-electron chi connectivity index (χ2n) is 24.2. The van der Waals surface area contributed by atoms with E-state index in [1.165, 1.54) is 283 Å². The Morgan fingerprint density at radius 3 is 1.08 bits per heavy atom. The molecule has 0 saturated carbocycles. The number of likely N-dealkylation sites (N-methyl/N-ethyl adjacent to an activating group) is 1. The number of rotatable bonds is 62. The first-order chi connectivity index (χ1) is 36.5. The Hall–Kier alpha value is -1.02. The van der Waals surface area contributed by atoms with Gasteiger partial charge >= 0.3 is 0 Å². The molecule has 0 spiro atoms. The summed E-state index contributed by atoms with van der Waals surface area (Å²) in [5.41, 5.74) is 0. The van der Waals surface area contributed by atoms with Crippen molar-refractivity contribution in [2.45, 2.75) is 353 Å². The molecule has 0 fully saturated rings. The van der Waals surface area contributed by atoms with Crippen LogP contribution >= 0.6 is 7.82 Å². The Balaban J connectivity index is 4.10. The van der Waals surface area contributed by atoms with E-state index in [2.05, 4.69) is 31.3 Å². The van der Waals surface area contributed by atoms with E-state index in [4.69, 9.17) is 9.05 Å². The second-order valence-corrected chi connectivity index (χ2v) is 25.6. The molecule has 0 rings (SSSR count). The van der Waals surface area contributed by atoms with Gasteiger partial charge in [-0.3, -0.25) is 9.36 Å². The maximum absolute atomic E-state index is 13.0. The number of amides is 1. The van der Waals surface area contributed by atoms with Gasteiger partial charge < -0.3 is 28.8 Å². The van der Waals surface area contributed by atoms with Crippen molar-refractivity contribution in [2.24, 2.45) is 0 Å². The van der Waals surface area contributed by atoms with Gasteiger partial charge in [0.2, 0.25) is 5.91 Å². The van der Waals surface area contributed by atoms with Gasteiger partial charge in [0.25, 0.3) is 7.82 Å². The lowest BCUT2D eigenvalue weighted by atomic mass is 10.0. The van der Waals surface area contributed by atoms with Crippen LogP contribution in [0.5, 0.6) is 0 Å². The molecule has 75 heavy (non-hydrogen) atoms. The van der Waals surface area contributed by atoms with Gasteiger partial charge in [0.1, 0.15) is 13.2 Å². The summed E-state index contributed by atoms with van der Waals surface area (Å²) < 4.78 is 23.4. The third-order valence-corrected chi connectivity index (χ3v) is 16.4. The van der Waals surface area contributed by atoms with Crippen molar-refractivity contribution in [2.75, 3.05) is 40.9 Å². The fourth-order valence-corrected chi connectivity index (χ4v) is 11.0. The molecule has 0 saturated heterocycles. The molecule has 0 aromatic rings. The molecule has 3 unspecified atom stereocenters. The van der Waals surface area contributed by atoms with Crippen molar-refractivity contribution in [1.29, 1.82) is 0 Å². The van der Waals surface area contributed by atoms with Crippen LogP contribution in [0.4, 0.5) is 0 Å². The molecule has 0 bridgehead atoms. The summed E-state index contributed by atoms with van der Waals surface area (Å²) in [7, 11) is 1.26. The topological polar surface area (TPSA) is 108 Å². The van der Waals surface area contributed by atoms with Crippen LogP contribution in [0, 0.1) is 0 Å². The first-order valence-corrected chi connectivity index (χ1v) is 34.7. The van der Waals surface area contributed by atoms with Crippen molar-refractivity contribution >= 4 is 13.7 Å². The van der Waals surface area contributed by atoms with E-state index in [0.29, 0.717) is 17.4 Å². The van der Waals surface area contributed by atoms with Crippen molar-refractivity contribution in [3.05, 3.63) is 24.3 Å². The highest BCUT2D eigenvalue weighted by Gasteiger charge is 2.23. The molecule has 2 N–H and O–H groups in total. The molecule has 446 valence electrons. The van der Waals surface area contributed by atoms with Gasteiger partial charge in [-0.1, -0.05) is 327 Å². The number of carbonyl (C=O) groups is 1. The van der Waals surface area contributed by atoms with Crippen molar-refractivity contribution in [1.82, 2.24) is 5.32 Å². The third-order valence-electron chi connectivity index (χ3n) is 15.4. The van der Waals surface area contributed by atoms with E-state index in [1.54, 1.807) is 6.08 Å². The molecule has 0 radical (unpaired) electrons. The quantitative estimate of drug-likeness (QED) is 0.0272. The highest BCUT2D eigenvalue weighted by molar-refractivity contribution is 7.45. The first-order valence-electron chi connectivity index (χ1n) is 33.2. The van der Waals surface area contributed by atoms with Gasteiger partial charge in [0.15, 0.2) is 0 Å². The summed E-state index contributed by atoms with van der Waals surface area (Å²) in [6.45, 7) is 4.69. The Morgan fingerprint density at radius 2 is 0.747 bits per heavy atom. The van der Waals surface area contributed by atoms with E-state index in [9.17, 15) is 19.4 Å². The van der Waals surface area contributed by atoms with Gasteiger partial charge in [0.05, 0.1) is 39.9 Å². The average molecular weight is 1080 g/mol. The van der Waals surface area contributed by atoms with E-state index >= 15 is 0 Å². The highest BCUT2D eigenvalue weighted by Crippen LogP contribution is 2.38. The van der Waals surface area contributed by atoms with Crippen molar-refractivity contribution in [3.8, 4) is 0 Å².